The van der Waals surface area contributed by atoms with Gasteiger partial charge in [0.2, 0.25) is 6.33 Å². The van der Waals surface area contributed by atoms with E-state index in [-0.39, 0.29) is 24.0 Å². The first kappa shape index (κ1) is 14.9. The number of benzene rings is 1. The number of hydrogen-bond acceptors (Lipinski definition) is 0. The lowest BCUT2D eigenvalue weighted by Crippen LogP contribution is -3.00. The van der Waals surface area contributed by atoms with Crippen LogP contribution in [-0.4, -0.2) is 4.57 Å². The van der Waals surface area contributed by atoms with Crippen LogP contribution in [0.1, 0.15) is 16.7 Å². The standard InChI is InChI=1S/C13H16IN2.HI/c1-10-6-11(2)13(12(3)7-10)16-5-4-15(8-14)9-16;/h4-7,9H,8H2,1-3H3;1H/q+1;/p-1. The number of hydrogen-bond donors (Lipinski definition) is 0. The van der Waals surface area contributed by atoms with E-state index in [2.05, 4.69) is 83.4 Å². The Hall–Kier alpha value is -0.110. The summed E-state index contributed by atoms with van der Waals surface area (Å²) in [5, 5.41) is 0. The van der Waals surface area contributed by atoms with Crippen LogP contribution in [0.3, 0.4) is 0 Å². The Morgan fingerprint density at radius 1 is 1.18 bits per heavy atom. The minimum absolute atomic E-state index is 0. The first-order valence-electron chi connectivity index (χ1n) is 5.33. The number of aromatic nitrogens is 2. The van der Waals surface area contributed by atoms with Crippen LogP contribution in [0.15, 0.2) is 30.9 Å². The summed E-state index contributed by atoms with van der Waals surface area (Å²) in [4.78, 5) is 0. The largest absolute Gasteiger partial charge is 1.00 e. The molecule has 0 aliphatic heterocycles. The third-order valence-electron chi connectivity index (χ3n) is 2.72. The van der Waals surface area contributed by atoms with Crippen molar-refractivity contribution >= 4 is 22.6 Å². The van der Waals surface area contributed by atoms with Crippen molar-refractivity contribution in [3.05, 3.63) is 47.5 Å². The number of imidazole rings is 1. The van der Waals surface area contributed by atoms with Gasteiger partial charge in [-0.3, -0.25) is 0 Å². The van der Waals surface area contributed by atoms with Gasteiger partial charge in [-0.05, 0) is 54.5 Å². The number of aryl methyl sites for hydroxylation is 3. The molecule has 4 heteroatoms. The zero-order chi connectivity index (χ0) is 11.7. The van der Waals surface area contributed by atoms with Crippen LogP contribution >= 0.6 is 22.6 Å². The highest BCUT2D eigenvalue weighted by Crippen LogP contribution is 2.20. The molecule has 0 radical (unpaired) electrons. The van der Waals surface area contributed by atoms with E-state index in [9.17, 15) is 0 Å². The van der Waals surface area contributed by atoms with Gasteiger partial charge in [0.05, 0.1) is 0 Å². The fourth-order valence-electron chi connectivity index (χ4n) is 2.18. The minimum atomic E-state index is 0. The van der Waals surface area contributed by atoms with Gasteiger partial charge in [-0.2, -0.15) is 0 Å². The molecule has 0 unspecified atom stereocenters. The van der Waals surface area contributed by atoms with Crippen molar-refractivity contribution in [1.29, 1.82) is 0 Å². The summed E-state index contributed by atoms with van der Waals surface area (Å²) in [6, 6.07) is 4.47. The maximum atomic E-state index is 2.36. The fourth-order valence-corrected chi connectivity index (χ4v) is 2.58. The molecule has 0 saturated carbocycles. The molecule has 0 saturated heterocycles. The van der Waals surface area contributed by atoms with Gasteiger partial charge in [0.25, 0.3) is 0 Å². The van der Waals surface area contributed by atoms with Gasteiger partial charge < -0.3 is 24.0 Å². The molecule has 0 atom stereocenters. The highest BCUT2D eigenvalue weighted by Gasteiger charge is 2.12. The van der Waals surface area contributed by atoms with Crippen molar-refractivity contribution in [2.45, 2.75) is 25.3 Å². The number of alkyl halides is 1. The summed E-state index contributed by atoms with van der Waals surface area (Å²) in [6.07, 6.45) is 6.35. The second-order valence-corrected chi connectivity index (χ2v) is 4.88. The van der Waals surface area contributed by atoms with Crippen molar-refractivity contribution in [3.8, 4) is 5.69 Å². The van der Waals surface area contributed by atoms with Gasteiger partial charge in [0.15, 0.2) is 0 Å². The molecule has 17 heavy (non-hydrogen) atoms. The summed E-state index contributed by atoms with van der Waals surface area (Å²) < 4.78 is 5.34. The first-order chi connectivity index (χ1) is 7.61. The average molecular weight is 454 g/mol. The molecule has 0 amide bonds. The monoisotopic (exact) mass is 454 g/mol. The number of nitrogens with zero attached hydrogens (tertiary/aromatic N) is 2. The fraction of sp³-hybridized carbons (Fsp3) is 0.308. The van der Waals surface area contributed by atoms with Gasteiger partial charge in [-0.1, -0.05) is 17.7 Å². The van der Waals surface area contributed by atoms with Crippen LogP contribution in [-0.2, 0) is 4.55 Å². The van der Waals surface area contributed by atoms with Crippen LogP contribution in [0.5, 0.6) is 0 Å². The zero-order valence-corrected chi connectivity index (χ0v) is 14.6. The predicted molar refractivity (Wildman–Crippen MR) is 74.2 cm³/mol. The molecule has 92 valence electrons. The maximum Gasteiger partial charge on any atom is 0.249 e. The summed E-state index contributed by atoms with van der Waals surface area (Å²) in [6.45, 7) is 6.48. The van der Waals surface area contributed by atoms with E-state index in [1.165, 1.54) is 22.4 Å². The topological polar surface area (TPSA) is 8.81 Å². The molecule has 1 aromatic heterocycles. The molecular weight excluding hydrogens is 438 g/mol. The lowest BCUT2D eigenvalue weighted by Gasteiger charge is -2.06. The van der Waals surface area contributed by atoms with Crippen molar-refractivity contribution in [2.24, 2.45) is 0 Å². The zero-order valence-electron chi connectivity index (χ0n) is 10.2. The summed E-state index contributed by atoms with van der Waals surface area (Å²) >= 11 is 2.36. The van der Waals surface area contributed by atoms with Crippen LogP contribution in [0.2, 0.25) is 0 Å². The lowest BCUT2D eigenvalue weighted by molar-refractivity contribution is -0.670. The molecule has 2 rings (SSSR count). The average Bonchev–Trinajstić information content (AvgIpc) is 2.64. The van der Waals surface area contributed by atoms with Crippen molar-refractivity contribution in [1.82, 2.24) is 4.57 Å². The van der Waals surface area contributed by atoms with Crippen molar-refractivity contribution in [2.75, 3.05) is 0 Å². The molecule has 0 aliphatic carbocycles. The number of halogens is 2. The Labute approximate surface area is 133 Å². The predicted octanol–water partition coefficient (Wildman–Crippen LogP) is 0.0866. The van der Waals surface area contributed by atoms with E-state index in [1.54, 1.807) is 0 Å². The van der Waals surface area contributed by atoms with E-state index < -0.39 is 0 Å². The third-order valence-corrected chi connectivity index (χ3v) is 3.51. The normalized spacial score (nSPS) is 10.1. The van der Waals surface area contributed by atoms with E-state index in [4.69, 9.17) is 0 Å². The molecule has 0 bridgehead atoms. The van der Waals surface area contributed by atoms with Crippen LogP contribution in [0.4, 0.5) is 0 Å². The molecule has 0 fully saturated rings. The van der Waals surface area contributed by atoms with Crippen LogP contribution < -0.4 is 28.5 Å². The Morgan fingerprint density at radius 3 is 2.24 bits per heavy atom. The molecule has 0 N–H and O–H groups in total. The quantitative estimate of drug-likeness (QED) is 0.346. The van der Waals surface area contributed by atoms with E-state index in [0.29, 0.717) is 0 Å². The molecule has 2 aromatic rings. The van der Waals surface area contributed by atoms with E-state index in [1.807, 2.05) is 0 Å². The van der Waals surface area contributed by atoms with E-state index >= 15 is 0 Å². The second kappa shape index (κ2) is 6.17. The van der Waals surface area contributed by atoms with Crippen LogP contribution in [0.25, 0.3) is 5.69 Å². The molecule has 0 spiro atoms. The van der Waals surface area contributed by atoms with E-state index in [0.717, 1.165) is 4.55 Å². The van der Waals surface area contributed by atoms with Gasteiger partial charge in [-0.25, -0.2) is 9.13 Å². The molecule has 1 aromatic carbocycles. The SMILES string of the molecule is Cc1cc(C)c(-n2cc[n+](CI)c2)c(C)c1.[I-]. The Bertz CT molecular complexity index is 495. The van der Waals surface area contributed by atoms with Crippen molar-refractivity contribution < 1.29 is 28.5 Å². The number of rotatable bonds is 2. The Balaban J connectivity index is 0.00000144. The smallest absolute Gasteiger partial charge is 0.249 e. The third kappa shape index (κ3) is 3.21. The molecular formula is C13H16I2N2. The van der Waals surface area contributed by atoms with Gasteiger partial charge in [-0.15, -0.1) is 0 Å². The van der Waals surface area contributed by atoms with Crippen molar-refractivity contribution in [3.63, 3.8) is 0 Å². The first-order valence-corrected chi connectivity index (χ1v) is 6.85. The highest BCUT2D eigenvalue weighted by molar-refractivity contribution is 14.1. The summed E-state index contributed by atoms with van der Waals surface area (Å²) in [5.74, 6) is 0. The second-order valence-electron chi connectivity index (χ2n) is 4.20. The van der Waals surface area contributed by atoms with Crippen LogP contribution in [0, 0.1) is 20.8 Å². The molecule has 2 nitrogen and oxygen atoms in total. The summed E-state index contributed by atoms with van der Waals surface area (Å²) in [7, 11) is 0. The Kier molecular flexibility index (Phi) is 5.43. The summed E-state index contributed by atoms with van der Waals surface area (Å²) in [5.41, 5.74) is 5.28. The highest BCUT2D eigenvalue weighted by atomic mass is 127. The van der Waals surface area contributed by atoms with Gasteiger partial charge in [0, 0.05) is 0 Å². The van der Waals surface area contributed by atoms with Gasteiger partial charge >= 0.3 is 0 Å². The Morgan fingerprint density at radius 2 is 1.76 bits per heavy atom. The molecule has 1 heterocycles. The minimum Gasteiger partial charge on any atom is -1.00 e. The van der Waals surface area contributed by atoms with Gasteiger partial charge in [0.1, 0.15) is 22.6 Å². The lowest BCUT2D eigenvalue weighted by atomic mass is 10.1. The maximum absolute atomic E-state index is 2.36. The molecule has 0 aliphatic rings.